The van der Waals surface area contributed by atoms with Crippen molar-refractivity contribution in [1.82, 2.24) is 0 Å². The van der Waals surface area contributed by atoms with Gasteiger partial charge in [0, 0.05) is 0 Å². The highest BCUT2D eigenvalue weighted by atomic mass is 16.5. The van der Waals surface area contributed by atoms with Crippen molar-refractivity contribution < 1.29 is 59.3 Å². The van der Waals surface area contributed by atoms with E-state index in [9.17, 15) is 39.6 Å². The zero-order valence-electron chi connectivity index (χ0n) is 39.2. The molecule has 12 nitrogen and oxygen atoms in total. The number of carboxylic acids is 4. The van der Waals surface area contributed by atoms with Crippen molar-refractivity contribution in [2.75, 3.05) is 14.2 Å². The van der Waals surface area contributed by atoms with Gasteiger partial charge in [-0.05, 0) is 194 Å². The van der Waals surface area contributed by atoms with Gasteiger partial charge in [0.2, 0.25) is 0 Å². The van der Waals surface area contributed by atoms with Gasteiger partial charge in [0.15, 0.2) is 0 Å². The van der Waals surface area contributed by atoms with Gasteiger partial charge >= 0.3 is 23.9 Å². The second-order valence-electron chi connectivity index (χ2n) is 17.9. The molecule has 4 aromatic rings. The van der Waals surface area contributed by atoms with Crippen LogP contribution < -0.4 is 9.47 Å². The molecule has 0 amide bonds. The Morgan fingerprint density at radius 1 is 0.439 bits per heavy atom. The summed E-state index contributed by atoms with van der Waals surface area (Å²) in [7, 11) is 3.31. The van der Waals surface area contributed by atoms with Crippen LogP contribution in [0.15, 0.2) is 72.8 Å². The number of fused-ring (bicyclic) bond motifs is 4. The van der Waals surface area contributed by atoms with E-state index in [2.05, 4.69) is 0 Å². The molecule has 0 saturated heterocycles. The number of aliphatic carboxylic acids is 4. The maximum atomic E-state index is 11.2. The first-order valence-electron chi connectivity index (χ1n) is 23.5. The number of hydrogen-bond acceptors (Lipinski definition) is 8. The number of phenolic OH excluding ortho intramolecular Hbond substituents is 2. The van der Waals surface area contributed by atoms with Crippen LogP contribution in [0.5, 0.6) is 23.0 Å². The molecule has 8 rings (SSSR count). The van der Waals surface area contributed by atoms with Gasteiger partial charge in [0.1, 0.15) is 23.0 Å². The second kappa shape index (κ2) is 23.4. The van der Waals surface area contributed by atoms with Crippen LogP contribution in [0.3, 0.4) is 0 Å². The summed E-state index contributed by atoms with van der Waals surface area (Å²) < 4.78 is 10.4. The fraction of sp³-hybridized carbons (Fsp3) is 0.481. The lowest BCUT2D eigenvalue weighted by molar-refractivity contribution is -0.143. The molecule has 12 heteroatoms. The van der Waals surface area contributed by atoms with Gasteiger partial charge in [-0.15, -0.1) is 0 Å². The third-order valence-electron chi connectivity index (χ3n) is 14.4. The van der Waals surface area contributed by atoms with E-state index in [4.69, 9.17) is 19.7 Å². The molecule has 0 fully saturated rings. The van der Waals surface area contributed by atoms with E-state index in [-0.39, 0.29) is 58.8 Å². The monoisotopic (exact) mass is 908 g/mol. The van der Waals surface area contributed by atoms with Crippen molar-refractivity contribution in [3.63, 3.8) is 0 Å². The van der Waals surface area contributed by atoms with Gasteiger partial charge in [0.25, 0.3) is 0 Å². The molecule has 4 aromatic carbocycles. The maximum Gasteiger partial charge on any atom is 0.307 e. The summed E-state index contributed by atoms with van der Waals surface area (Å²) in [5.74, 6) is -1.12. The molecule has 8 atom stereocenters. The Morgan fingerprint density at radius 3 is 0.909 bits per heavy atom. The van der Waals surface area contributed by atoms with Crippen molar-refractivity contribution in [3.8, 4) is 23.0 Å². The van der Waals surface area contributed by atoms with Crippen molar-refractivity contribution >= 4 is 23.9 Å². The number of carboxylic acid groups (broad SMARTS) is 4. The Hall–Kier alpha value is -6.04. The lowest BCUT2D eigenvalue weighted by Gasteiger charge is -2.19. The number of methoxy groups -OCH3 is 2. The lowest BCUT2D eigenvalue weighted by atomic mass is 9.85. The quantitative estimate of drug-likeness (QED) is 0.0698. The summed E-state index contributed by atoms with van der Waals surface area (Å²) in [5, 5.41) is 55.5. The largest absolute Gasteiger partial charge is 0.508 e. The normalized spacial score (nSPS) is 20.1. The van der Waals surface area contributed by atoms with Crippen molar-refractivity contribution in [1.29, 1.82) is 0 Å². The summed E-state index contributed by atoms with van der Waals surface area (Å²) in [4.78, 5) is 44.7. The highest BCUT2D eigenvalue weighted by Gasteiger charge is 2.36. The van der Waals surface area contributed by atoms with Gasteiger partial charge in [-0.1, -0.05) is 52.0 Å². The van der Waals surface area contributed by atoms with E-state index in [0.717, 1.165) is 85.1 Å². The molecular formula is C54H68O12. The zero-order chi connectivity index (χ0) is 48.2. The van der Waals surface area contributed by atoms with Gasteiger partial charge in [-0.3, -0.25) is 19.2 Å². The highest BCUT2D eigenvalue weighted by Crippen LogP contribution is 2.44. The maximum absolute atomic E-state index is 11.2. The Morgan fingerprint density at radius 2 is 0.682 bits per heavy atom. The molecule has 6 N–H and O–H groups in total. The van der Waals surface area contributed by atoms with Crippen LogP contribution in [0.25, 0.3) is 0 Å². The molecule has 0 radical (unpaired) electrons. The van der Waals surface area contributed by atoms with Crippen molar-refractivity contribution in [3.05, 3.63) is 117 Å². The van der Waals surface area contributed by atoms with E-state index in [1.165, 1.54) is 22.3 Å². The first-order valence-corrected chi connectivity index (χ1v) is 23.5. The molecule has 4 aliphatic carbocycles. The molecule has 0 spiro atoms. The number of hydrogen-bond donors (Lipinski definition) is 6. The number of phenols is 2. The van der Waals surface area contributed by atoms with E-state index >= 15 is 0 Å². The molecule has 0 unspecified atom stereocenters. The predicted octanol–water partition coefficient (Wildman–Crippen LogP) is 10.7. The standard InChI is InChI=1S/2C14H18O3.2C13H16O3/c2*1-3-11(14(15)16)13-6-4-9-8-10(17-2)5-7-12(9)13;2*1-2-10(13(15)16)12-5-3-8-7-9(14)4-6-11(8)12/h2*5,7-8,11,13H,3-4,6H2,1-2H3,(H,15,16);2*4,6-7,10,12,14H,2-3,5H2,1H3,(H,15,16)/t2*11-,13-;2*10-,12-/m1010/s1. The Kier molecular flexibility index (Phi) is 18.1. The average molecular weight is 909 g/mol. The van der Waals surface area contributed by atoms with Crippen LogP contribution in [0.4, 0.5) is 0 Å². The lowest BCUT2D eigenvalue weighted by Crippen LogP contribution is -2.19. The third kappa shape index (κ3) is 11.9. The Bertz CT molecular complexity index is 2160. The first kappa shape index (κ1) is 51.0. The molecule has 0 aromatic heterocycles. The zero-order valence-corrected chi connectivity index (χ0v) is 39.2. The van der Waals surface area contributed by atoms with Crippen LogP contribution in [0.2, 0.25) is 0 Å². The number of aryl methyl sites for hydroxylation is 4. The van der Waals surface area contributed by atoms with Crippen molar-refractivity contribution in [2.45, 2.75) is 128 Å². The van der Waals surface area contributed by atoms with Gasteiger partial charge in [0.05, 0.1) is 37.9 Å². The molecular weight excluding hydrogens is 841 g/mol. The third-order valence-corrected chi connectivity index (χ3v) is 14.4. The summed E-state index contributed by atoms with van der Waals surface area (Å²) in [6.45, 7) is 7.72. The molecule has 0 aliphatic heterocycles. The molecule has 0 saturated carbocycles. The smallest absolute Gasteiger partial charge is 0.307 e. The average Bonchev–Trinajstić information content (AvgIpc) is 4.10. The molecule has 0 bridgehead atoms. The Balaban J connectivity index is 0.000000165. The molecule has 356 valence electrons. The number of rotatable bonds is 14. The summed E-state index contributed by atoms with van der Waals surface area (Å²) in [6.07, 6.45) is 9.98. The fourth-order valence-corrected chi connectivity index (χ4v) is 11.0. The SMILES string of the molecule is CC[C@@H](C(=O)O)[C@H]1CCc2cc(O)ccc21.CC[C@@H](C(=O)O)[C@H]1CCc2cc(OC)ccc21.CC[C@H](C(=O)O)[C@@H]1CCc2cc(O)ccc21.CC[C@H](C(=O)O)[C@@H]1CCc2cc(OC)ccc21. The number of carbonyl (C=O) groups is 4. The number of benzene rings is 4. The molecule has 66 heavy (non-hydrogen) atoms. The minimum Gasteiger partial charge on any atom is -0.508 e. The summed E-state index contributed by atoms with van der Waals surface area (Å²) in [5.41, 5.74) is 9.29. The van der Waals surface area contributed by atoms with Gasteiger partial charge < -0.3 is 40.1 Å². The van der Waals surface area contributed by atoms with E-state index in [0.29, 0.717) is 25.7 Å². The van der Waals surface area contributed by atoms with E-state index in [1.807, 2.05) is 76.2 Å². The van der Waals surface area contributed by atoms with Crippen LogP contribution in [-0.4, -0.2) is 68.7 Å². The van der Waals surface area contributed by atoms with E-state index < -0.39 is 23.9 Å². The van der Waals surface area contributed by atoms with Crippen LogP contribution in [0, 0.1) is 23.7 Å². The molecule has 4 aliphatic rings. The summed E-state index contributed by atoms with van der Waals surface area (Å²) >= 11 is 0. The second-order valence-corrected chi connectivity index (χ2v) is 17.9. The summed E-state index contributed by atoms with van der Waals surface area (Å²) in [6, 6.07) is 22.5. The number of aromatic hydroxyl groups is 2. The predicted molar refractivity (Wildman–Crippen MR) is 252 cm³/mol. The number of ether oxygens (including phenoxy) is 2. The fourth-order valence-electron chi connectivity index (χ4n) is 11.0. The molecule has 0 heterocycles. The minimum absolute atomic E-state index is 0.109. The van der Waals surface area contributed by atoms with Crippen LogP contribution in [-0.2, 0) is 44.9 Å². The van der Waals surface area contributed by atoms with Gasteiger partial charge in [-0.2, -0.15) is 0 Å². The van der Waals surface area contributed by atoms with Gasteiger partial charge in [-0.25, -0.2) is 0 Å². The van der Waals surface area contributed by atoms with Crippen molar-refractivity contribution in [2.24, 2.45) is 23.7 Å². The Labute approximate surface area is 388 Å². The highest BCUT2D eigenvalue weighted by molar-refractivity contribution is 5.73. The van der Waals surface area contributed by atoms with E-state index in [1.54, 1.807) is 38.5 Å². The minimum atomic E-state index is -0.714. The topological polar surface area (TPSA) is 208 Å². The van der Waals surface area contributed by atoms with Crippen LogP contribution >= 0.6 is 0 Å². The first-order chi connectivity index (χ1) is 31.6. The van der Waals surface area contributed by atoms with Crippen LogP contribution in [0.1, 0.15) is 147 Å².